The van der Waals surface area contributed by atoms with Crippen molar-refractivity contribution in [1.82, 2.24) is 15.5 Å². The largest absolute Gasteiger partial charge is 0.347 e. The summed E-state index contributed by atoms with van der Waals surface area (Å²) < 4.78 is 0. The quantitative estimate of drug-likeness (QED) is 0.717. The minimum absolute atomic E-state index is 0.000200. The van der Waals surface area contributed by atoms with Gasteiger partial charge in [0, 0.05) is 19.5 Å². The van der Waals surface area contributed by atoms with Crippen LogP contribution >= 0.6 is 0 Å². The number of amides is 2. The van der Waals surface area contributed by atoms with Gasteiger partial charge in [-0.15, -0.1) is 0 Å². The van der Waals surface area contributed by atoms with Crippen LogP contribution in [0.25, 0.3) is 0 Å². The van der Waals surface area contributed by atoms with Crippen molar-refractivity contribution < 1.29 is 9.59 Å². The second kappa shape index (κ2) is 8.91. The van der Waals surface area contributed by atoms with E-state index in [2.05, 4.69) is 10.6 Å². The van der Waals surface area contributed by atoms with E-state index in [0.29, 0.717) is 25.4 Å². The molecule has 0 aliphatic carbocycles. The van der Waals surface area contributed by atoms with E-state index >= 15 is 0 Å². The molecule has 1 aliphatic heterocycles. The highest BCUT2D eigenvalue weighted by Gasteiger charge is 2.15. The molecule has 0 aromatic rings. The summed E-state index contributed by atoms with van der Waals surface area (Å²) in [5, 5.41) is 6.04. The van der Waals surface area contributed by atoms with Crippen LogP contribution < -0.4 is 10.6 Å². The first-order valence-corrected chi connectivity index (χ1v) is 7.42. The lowest BCUT2D eigenvalue weighted by Crippen LogP contribution is -2.40. The van der Waals surface area contributed by atoms with Crippen LogP contribution in [-0.2, 0) is 9.59 Å². The summed E-state index contributed by atoms with van der Waals surface area (Å²) in [6, 6.07) is 0. The molecule has 2 N–H and O–H groups in total. The molecule has 0 atom stereocenters. The summed E-state index contributed by atoms with van der Waals surface area (Å²) >= 11 is 0. The number of nitrogens with one attached hydrogen (secondary N) is 2. The molecule has 0 radical (unpaired) electrons. The summed E-state index contributed by atoms with van der Waals surface area (Å²) in [4.78, 5) is 25.1. The number of carbonyl (C=O) groups excluding carboxylic acids is 2. The molecular formula is C14H27N3O2. The van der Waals surface area contributed by atoms with Crippen LogP contribution in [-0.4, -0.2) is 49.4 Å². The highest BCUT2D eigenvalue weighted by atomic mass is 16.2. The van der Waals surface area contributed by atoms with Crippen molar-refractivity contribution >= 4 is 11.8 Å². The van der Waals surface area contributed by atoms with Crippen LogP contribution in [0.15, 0.2) is 0 Å². The van der Waals surface area contributed by atoms with E-state index in [1.807, 2.05) is 13.8 Å². The Labute approximate surface area is 116 Å². The number of likely N-dealkylation sites (N-methyl/N-ethyl adjacent to an activating group) is 1. The van der Waals surface area contributed by atoms with Crippen molar-refractivity contribution in [1.29, 1.82) is 0 Å². The molecule has 2 amide bonds. The number of carbonyl (C=O) groups is 2. The van der Waals surface area contributed by atoms with Gasteiger partial charge in [-0.3, -0.25) is 9.59 Å². The van der Waals surface area contributed by atoms with Gasteiger partial charge in [0.15, 0.2) is 0 Å². The molecule has 0 bridgehead atoms. The normalized spacial score (nSPS) is 16.1. The summed E-state index contributed by atoms with van der Waals surface area (Å²) in [7, 11) is 0. The third kappa shape index (κ3) is 6.05. The van der Waals surface area contributed by atoms with Gasteiger partial charge in [0.25, 0.3) is 0 Å². The van der Waals surface area contributed by atoms with Crippen LogP contribution in [0.1, 0.15) is 39.5 Å². The molecule has 19 heavy (non-hydrogen) atoms. The molecule has 5 heteroatoms. The van der Waals surface area contributed by atoms with Gasteiger partial charge in [-0.25, -0.2) is 0 Å². The third-order valence-corrected chi connectivity index (χ3v) is 3.79. The highest BCUT2D eigenvalue weighted by molar-refractivity contribution is 5.84. The third-order valence-electron chi connectivity index (χ3n) is 3.79. The molecule has 0 saturated carbocycles. The minimum atomic E-state index is -0.000890. The van der Waals surface area contributed by atoms with E-state index < -0.39 is 0 Å². The fraction of sp³-hybridized carbons (Fsp3) is 0.857. The van der Waals surface area contributed by atoms with Crippen LogP contribution in [0.5, 0.6) is 0 Å². The first-order valence-electron chi connectivity index (χ1n) is 7.42. The average Bonchev–Trinajstić information content (AvgIpc) is 2.45. The molecule has 1 saturated heterocycles. The fourth-order valence-corrected chi connectivity index (χ4v) is 2.46. The average molecular weight is 269 g/mol. The van der Waals surface area contributed by atoms with Gasteiger partial charge in [-0.2, -0.15) is 0 Å². The second-order valence-corrected chi connectivity index (χ2v) is 5.07. The molecule has 1 aliphatic rings. The van der Waals surface area contributed by atoms with Crippen LogP contribution in [0.2, 0.25) is 0 Å². The summed E-state index contributed by atoms with van der Waals surface area (Å²) in [5.41, 5.74) is 0. The molecule has 0 unspecified atom stereocenters. The number of piperidine rings is 1. The van der Waals surface area contributed by atoms with E-state index in [-0.39, 0.29) is 18.4 Å². The van der Waals surface area contributed by atoms with Gasteiger partial charge >= 0.3 is 0 Å². The summed E-state index contributed by atoms with van der Waals surface area (Å²) in [5.74, 6) is 0.657. The lowest BCUT2D eigenvalue weighted by molar-refractivity contribution is -0.132. The van der Waals surface area contributed by atoms with E-state index in [0.717, 1.165) is 32.4 Å². The van der Waals surface area contributed by atoms with Crippen LogP contribution in [0.3, 0.4) is 0 Å². The topological polar surface area (TPSA) is 61.4 Å². The van der Waals surface area contributed by atoms with Crippen molar-refractivity contribution in [3.63, 3.8) is 0 Å². The predicted octanol–water partition coefficient (Wildman–Crippen LogP) is 0.751. The van der Waals surface area contributed by atoms with Crippen LogP contribution in [0.4, 0.5) is 0 Å². The Hall–Kier alpha value is -1.10. The zero-order chi connectivity index (χ0) is 14.1. The summed E-state index contributed by atoms with van der Waals surface area (Å²) in [6.07, 6.45) is 3.79. The lowest BCUT2D eigenvalue weighted by atomic mass is 9.93. The lowest BCUT2D eigenvalue weighted by Gasteiger charge is -2.22. The standard InChI is InChI=1S/C14H27N3O2/c1-3-17(4-2)14(19)11-16-13(18)6-5-12-7-9-15-10-8-12/h12,15H,3-11H2,1-2H3,(H,16,18). The molecule has 1 heterocycles. The van der Waals surface area contributed by atoms with Gasteiger partial charge < -0.3 is 15.5 Å². The SMILES string of the molecule is CCN(CC)C(=O)CNC(=O)CCC1CCNCC1. The first-order chi connectivity index (χ1) is 9.17. The van der Waals surface area contributed by atoms with Crippen LogP contribution in [0, 0.1) is 5.92 Å². The van der Waals surface area contributed by atoms with E-state index in [4.69, 9.17) is 0 Å². The zero-order valence-electron chi connectivity index (χ0n) is 12.2. The van der Waals surface area contributed by atoms with Gasteiger partial charge in [0.05, 0.1) is 6.54 Å². The van der Waals surface area contributed by atoms with E-state index in [1.54, 1.807) is 4.90 Å². The van der Waals surface area contributed by atoms with Gasteiger partial charge in [-0.1, -0.05) is 0 Å². The molecular weight excluding hydrogens is 242 g/mol. The molecule has 0 aromatic heterocycles. The summed E-state index contributed by atoms with van der Waals surface area (Å²) in [6.45, 7) is 7.54. The Morgan fingerprint density at radius 2 is 1.84 bits per heavy atom. The smallest absolute Gasteiger partial charge is 0.241 e. The van der Waals surface area contributed by atoms with Gasteiger partial charge in [-0.05, 0) is 52.1 Å². The Morgan fingerprint density at radius 3 is 2.42 bits per heavy atom. The number of hydrogen-bond acceptors (Lipinski definition) is 3. The molecule has 0 spiro atoms. The molecule has 110 valence electrons. The molecule has 1 fully saturated rings. The van der Waals surface area contributed by atoms with Crippen molar-refractivity contribution in [2.24, 2.45) is 5.92 Å². The first kappa shape index (κ1) is 16.0. The highest BCUT2D eigenvalue weighted by Crippen LogP contribution is 2.17. The van der Waals surface area contributed by atoms with Gasteiger partial charge in [0.1, 0.15) is 0 Å². The fourth-order valence-electron chi connectivity index (χ4n) is 2.46. The number of nitrogens with zero attached hydrogens (tertiary/aromatic N) is 1. The van der Waals surface area contributed by atoms with Crippen molar-refractivity contribution in [3.8, 4) is 0 Å². The van der Waals surface area contributed by atoms with Crippen molar-refractivity contribution in [2.45, 2.75) is 39.5 Å². The molecule has 5 nitrogen and oxygen atoms in total. The maximum Gasteiger partial charge on any atom is 0.241 e. The monoisotopic (exact) mass is 269 g/mol. The van der Waals surface area contributed by atoms with E-state index in [9.17, 15) is 9.59 Å². The zero-order valence-corrected chi connectivity index (χ0v) is 12.2. The number of hydrogen-bond donors (Lipinski definition) is 2. The minimum Gasteiger partial charge on any atom is -0.347 e. The van der Waals surface area contributed by atoms with Gasteiger partial charge in [0.2, 0.25) is 11.8 Å². The van der Waals surface area contributed by atoms with E-state index in [1.165, 1.54) is 0 Å². The maximum absolute atomic E-state index is 11.7. The predicted molar refractivity (Wildman–Crippen MR) is 75.8 cm³/mol. The number of rotatable bonds is 7. The van der Waals surface area contributed by atoms with Crippen molar-refractivity contribution in [3.05, 3.63) is 0 Å². The van der Waals surface area contributed by atoms with Crippen molar-refractivity contribution in [2.75, 3.05) is 32.7 Å². The Balaban J connectivity index is 2.14. The second-order valence-electron chi connectivity index (χ2n) is 5.07. The Morgan fingerprint density at radius 1 is 1.21 bits per heavy atom. The Bertz CT molecular complexity index is 284. The maximum atomic E-state index is 11.7. The molecule has 1 rings (SSSR count). The Kier molecular flexibility index (Phi) is 7.48. The molecule has 0 aromatic carbocycles.